The van der Waals surface area contributed by atoms with Crippen molar-refractivity contribution in [2.24, 2.45) is 22.7 Å². The SMILES string of the molecule is CCCCCCCC1CC[C@@H]2C[C@H](c3ccc(-c4ccc(C5=NC(C)(C)CO5)c(F)c4)c(F)c3)CC[C@@H]2C1. The highest BCUT2D eigenvalue weighted by Crippen LogP contribution is 2.48. The first kappa shape index (κ1) is 27.3. The van der Waals surface area contributed by atoms with Crippen LogP contribution in [-0.2, 0) is 4.74 Å². The highest BCUT2D eigenvalue weighted by atomic mass is 19.1. The molecule has 2 aliphatic carbocycles. The van der Waals surface area contributed by atoms with E-state index in [1.807, 2.05) is 19.9 Å². The molecule has 38 heavy (non-hydrogen) atoms. The zero-order valence-electron chi connectivity index (χ0n) is 23.6. The Kier molecular flexibility index (Phi) is 8.55. The van der Waals surface area contributed by atoms with E-state index < -0.39 is 5.82 Å². The van der Waals surface area contributed by atoms with Crippen LogP contribution in [0.2, 0.25) is 0 Å². The molecule has 0 spiro atoms. The fraction of sp³-hybridized carbons (Fsp3) is 0.618. The van der Waals surface area contributed by atoms with Gasteiger partial charge in [-0.1, -0.05) is 70.1 Å². The van der Waals surface area contributed by atoms with Gasteiger partial charge in [0.25, 0.3) is 0 Å². The number of benzene rings is 2. The molecule has 0 amide bonds. The van der Waals surface area contributed by atoms with Crippen molar-refractivity contribution in [1.29, 1.82) is 0 Å². The van der Waals surface area contributed by atoms with Crippen LogP contribution in [0.25, 0.3) is 11.1 Å². The van der Waals surface area contributed by atoms with E-state index in [0.29, 0.717) is 35.1 Å². The zero-order chi connectivity index (χ0) is 26.7. The van der Waals surface area contributed by atoms with E-state index in [2.05, 4.69) is 18.0 Å². The third-order valence-electron chi connectivity index (χ3n) is 9.38. The number of rotatable bonds is 9. The predicted octanol–water partition coefficient (Wildman–Crippen LogP) is 9.85. The van der Waals surface area contributed by atoms with E-state index in [9.17, 15) is 4.39 Å². The van der Waals surface area contributed by atoms with Gasteiger partial charge in [-0.25, -0.2) is 13.8 Å². The van der Waals surface area contributed by atoms with Crippen molar-refractivity contribution in [3.05, 3.63) is 59.2 Å². The maximum absolute atomic E-state index is 15.3. The summed E-state index contributed by atoms with van der Waals surface area (Å²) in [4.78, 5) is 4.47. The van der Waals surface area contributed by atoms with Gasteiger partial charge >= 0.3 is 0 Å². The molecule has 0 bridgehead atoms. The van der Waals surface area contributed by atoms with Crippen molar-refractivity contribution in [2.45, 2.75) is 109 Å². The molecular formula is C34H45F2NO. The van der Waals surface area contributed by atoms with E-state index in [0.717, 1.165) is 29.7 Å². The molecule has 3 aliphatic rings. The molecule has 0 N–H and O–H groups in total. The Labute approximate surface area is 228 Å². The topological polar surface area (TPSA) is 21.6 Å². The fourth-order valence-electron chi connectivity index (χ4n) is 7.19. The molecule has 2 nitrogen and oxygen atoms in total. The first-order chi connectivity index (χ1) is 18.3. The molecule has 2 aromatic carbocycles. The van der Waals surface area contributed by atoms with Gasteiger partial charge in [-0.3, -0.25) is 0 Å². The van der Waals surface area contributed by atoms with Gasteiger partial charge in [0.05, 0.1) is 11.1 Å². The first-order valence-electron chi connectivity index (χ1n) is 15.2. The average molecular weight is 522 g/mol. The molecule has 1 unspecified atom stereocenters. The van der Waals surface area contributed by atoms with E-state index in [4.69, 9.17) is 4.74 Å². The van der Waals surface area contributed by atoms with Crippen LogP contribution in [0.3, 0.4) is 0 Å². The molecule has 0 radical (unpaired) electrons. The molecule has 5 rings (SSSR count). The smallest absolute Gasteiger partial charge is 0.219 e. The normalized spacial score (nSPS) is 26.5. The minimum atomic E-state index is -0.433. The lowest BCUT2D eigenvalue weighted by Gasteiger charge is -2.42. The molecule has 1 heterocycles. The molecule has 0 saturated heterocycles. The fourth-order valence-corrected chi connectivity index (χ4v) is 7.19. The monoisotopic (exact) mass is 521 g/mol. The lowest BCUT2D eigenvalue weighted by Crippen LogP contribution is -2.30. The van der Waals surface area contributed by atoms with Crippen LogP contribution in [0.4, 0.5) is 8.78 Å². The Morgan fingerprint density at radius 1 is 0.842 bits per heavy atom. The minimum Gasteiger partial charge on any atom is -0.475 e. The van der Waals surface area contributed by atoms with Gasteiger partial charge in [0.15, 0.2) is 0 Å². The quantitative estimate of drug-likeness (QED) is 0.301. The second kappa shape index (κ2) is 11.9. The second-order valence-electron chi connectivity index (χ2n) is 12.9. The minimum absolute atomic E-state index is 0.265. The summed E-state index contributed by atoms with van der Waals surface area (Å²) in [5.41, 5.74) is 2.08. The Balaban J connectivity index is 1.19. The van der Waals surface area contributed by atoms with E-state index in [1.54, 1.807) is 18.2 Å². The maximum Gasteiger partial charge on any atom is 0.219 e. The number of nitrogens with zero attached hydrogens (tertiary/aromatic N) is 1. The summed E-state index contributed by atoms with van der Waals surface area (Å²) in [6.07, 6.45) is 16.1. The summed E-state index contributed by atoms with van der Waals surface area (Å²) in [6.45, 7) is 6.62. The number of hydrogen-bond donors (Lipinski definition) is 0. The number of fused-ring (bicyclic) bond motifs is 1. The highest BCUT2D eigenvalue weighted by Gasteiger charge is 2.36. The van der Waals surface area contributed by atoms with Gasteiger partial charge in [-0.2, -0.15) is 0 Å². The summed E-state index contributed by atoms with van der Waals surface area (Å²) in [7, 11) is 0. The standard InChI is InChI=1S/C34H45F2NO/c1-4-5-6-7-8-9-23-10-11-25-19-26(13-12-24(25)18-23)27-14-16-29(31(35)20-27)28-15-17-30(32(36)21-28)33-37-34(2,3)22-38-33/h14-17,20-21,23-26H,4-13,18-19,22H2,1-3H3/t23?,24-,25-,26-/m1/s1. The Morgan fingerprint density at radius 3 is 2.32 bits per heavy atom. The lowest BCUT2D eigenvalue weighted by atomic mass is 9.63. The largest absolute Gasteiger partial charge is 0.475 e. The van der Waals surface area contributed by atoms with Crippen LogP contribution in [0.1, 0.15) is 115 Å². The van der Waals surface area contributed by atoms with Crippen molar-refractivity contribution in [1.82, 2.24) is 0 Å². The van der Waals surface area contributed by atoms with Crippen LogP contribution >= 0.6 is 0 Å². The van der Waals surface area contributed by atoms with Crippen LogP contribution in [0.5, 0.6) is 0 Å². The summed E-state index contributed by atoms with van der Waals surface area (Å²) < 4.78 is 35.9. The molecule has 206 valence electrons. The summed E-state index contributed by atoms with van der Waals surface area (Å²) in [6, 6.07) is 10.4. The predicted molar refractivity (Wildman–Crippen MR) is 153 cm³/mol. The zero-order valence-corrected chi connectivity index (χ0v) is 23.6. The second-order valence-corrected chi connectivity index (χ2v) is 12.9. The Morgan fingerprint density at radius 2 is 1.58 bits per heavy atom. The van der Waals surface area contributed by atoms with Crippen molar-refractivity contribution in [2.75, 3.05) is 6.61 Å². The molecule has 0 aromatic heterocycles. The maximum atomic E-state index is 15.3. The van der Waals surface area contributed by atoms with Gasteiger partial charge in [0, 0.05) is 5.56 Å². The van der Waals surface area contributed by atoms with Crippen LogP contribution in [0.15, 0.2) is 41.4 Å². The van der Waals surface area contributed by atoms with Crippen molar-refractivity contribution in [3.8, 4) is 11.1 Å². The van der Waals surface area contributed by atoms with Crippen LogP contribution < -0.4 is 0 Å². The Bertz CT molecular complexity index is 1140. The van der Waals surface area contributed by atoms with Crippen molar-refractivity contribution < 1.29 is 13.5 Å². The van der Waals surface area contributed by atoms with Crippen LogP contribution in [0, 0.1) is 29.4 Å². The van der Waals surface area contributed by atoms with Crippen molar-refractivity contribution >= 4 is 5.90 Å². The van der Waals surface area contributed by atoms with Gasteiger partial charge in [-0.15, -0.1) is 0 Å². The average Bonchev–Trinajstić information content (AvgIpc) is 3.27. The number of halogens is 2. The van der Waals surface area contributed by atoms with E-state index in [1.165, 1.54) is 76.7 Å². The van der Waals surface area contributed by atoms with E-state index >= 15 is 4.39 Å². The molecule has 2 saturated carbocycles. The molecular weight excluding hydrogens is 476 g/mol. The molecule has 4 atom stereocenters. The number of ether oxygens (including phenoxy) is 1. The molecule has 4 heteroatoms. The van der Waals surface area contributed by atoms with Gasteiger partial charge in [0.1, 0.15) is 18.2 Å². The summed E-state index contributed by atoms with van der Waals surface area (Å²) in [5, 5.41) is 0. The van der Waals surface area contributed by atoms with Gasteiger partial charge < -0.3 is 4.74 Å². The number of aliphatic imine (C=N–C) groups is 1. The number of hydrogen-bond acceptors (Lipinski definition) is 2. The first-order valence-corrected chi connectivity index (χ1v) is 15.2. The highest BCUT2D eigenvalue weighted by molar-refractivity contribution is 5.96. The van der Waals surface area contributed by atoms with E-state index in [-0.39, 0.29) is 11.4 Å². The summed E-state index contributed by atoms with van der Waals surface area (Å²) >= 11 is 0. The van der Waals surface area contributed by atoms with Gasteiger partial charge in [-0.05, 0) is 98.9 Å². The summed E-state index contributed by atoms with van der Waals surface area (Å²) in [5.74, 6) is 2.65. The Hall–Kier alpha value is -2.23. The van der Waals surface area contributed by atoms with Crippen molar-refractivity contribution in [3.63, 3.8) is 0 Å². The lowest BCUT2D eigenvalue weighted by molar-refractivity contribution is 0.113. The third-order valence-corrected chi connectivity index (χ3v) is 9.38. The third kappa shape index (κ3) is 6.32. The molecule has 2 fully saturated rings. The van der Waals surface area contributed by atoms with Gasteiger partial charge in [0.2, 0.25) is 5.90 Å². The molecule has 2 aromatic rings. The molecule has 1 aliphatic heterocycles. The number of unbranched alkanes of at least 4 members (excludes halogenated alkanes) is 4. The van der Waals surface area contributed by atoms with Crippen LogP contribution in [-0.4, -0.2) is 18.0 Å².